The monoisotopic (exact) mass is 612 g/mol. The smallest absolute Gasteiger partial charge is 0.343 e. The van der Waals surface area contributed by atoms with Crippen LogP contribution in [-0.2, 0) is 0 Å². The number of esters is 2. The molecule has 0 saturated heterocycles. The number of aryl methyl sites for hydroxylation is 2. The van der Waals surface area contributed by atoms with Gasteiger partial charge in [0.05, 0.1) is 5.56 Å². The second kappa shape index (κ2) is 8.12. The Morgan fingerprint density at radius 1 is 0.778 bits per heavy atom. The second-order valence-corrected chi connectivity index (χ2v) is 5.86. The number of benzene rings is 3. The molecule has 0 aliphatic heterocycles. The van der Waals surface area contributed by atoms with Crippen molar-refractivity contribution in [3.05, 3.63) is 95.1 Å². The Labute approximate surface area is 152 Å². The summed E-state index contributed by atoms with van der Waals surface area (Å²) >= 11 is 0. The van der Waals surface area contributed by atoms with E-state index in [9.17, 15) is 9.59 Å². The van der Waals surface area contributed by atoms with Crippen molar-refractivity contribution in [2.75, 3.05) is 0 Å². The molecule has 0 N–H and O–H groups in total. The SMILES string of the molecule is Cc1ccc(C(=O)Oc2ccc(OC(=O)c3cc[c-]cc3)cc2C)cc1.[Rf]. The third kappa shape index (κ3) is 4.57. The molecule has 0 aliphatic carbocycles. The number of ether oxygens (including phenoxy) is 2. The van der Waals surface area contributed by atoms with Crippen LogP contribution in [0.15, 0.2) is 66.7 Å². The summed E-state index contributed by atoms with van der Waals surface area (Å²) in [5.41, 5.74) is 2.68. The van der Waals surface area contributed by atoms with Crippen molar-refractivity contribution >= 4 is 11.9 Å². The average molecular weight is 612 g/mol. The molecule has 132 valence electrons. The molecule has 0 radical (unpaired) electrons. The van der Waals surface area contributed by atoms with E-state index >= 15 is 0 Å². The van der Waals surface area contributed by atoms with E-state index < -0.39 is 11.9 Å². The molecule has 0 fully saturated rings. The van der Waals surface area contributed by atoms with Gasteiger partial charge in [0.2, 0.25) is 0 Å². The first-order valence-electron chi connectivity index (χ1n) is 8.11. The summed E-state index contributed by atoms with van der Waals surface area (Å²) in [6.07, 6.45) is 0. The Balaban J connectivity index is 0.00000261. The Kier molecular flexibility index (Phi) is 5.69. The van der Waals surface area contributed by atoms with E-state index in [1.54, 1.807) is 61.5 Å². The van der Waals surface area contributed by atoms with Crippen molar-refractivity contribution < 1.29 is 19.1 Å². The van der Waals surface area contributed by atoms with Crippen LogP contribution in [0, 0.1) is 19.9 Å². The first kappa shape index (κ1) is 18.9. The predicted molar refractivity (Wildman–Crippen MR) is 97.6 cm³/mol. The maximum Gasteiger partial charge on any atom is 0.343 e. The summed E-state index contributed by atoms with van der Waals surface area (Å²) in [5, 5.41) is 0. The summed E-state index contributed by atoms with van der Waals surface area (Å²) in [4.78, 5) is 24.3. The number of rotatable bonds is 4. The molecule has 3 rings (SSSR count). The summed E-state index contributed by atoms with van der Waals surface area (Å²) in [6.45, 7) is 3.74. The number of carbonyl (C=O) groups excluding carboxylic acids is 2. The van der Waals surface area contributed by atoms with Gasteiger partial charge in [-0.3, -0.25) is 0 Å². The van der Waals surface area contributed by atoms with Crippen LogP contribution in [0.4, 0.5) is 0 Å². The molecule has 0 saturated carbocycles. The van der Waals surface area contributed by atoms with Crippen LogP contribution in [0.1, 0.15) is 31.8 Å². The van der Waals surface area contributed by atoms with E-state index in [2.05, 4.69) is 6.07 Å². The second-order valence-electron chi connectivity index (χ2n) is 5.86. The van der Waals surface area contributed by atoms with Crippen LogP contribution in [0.3, 0.4) is 0 Å². The van der Waals surface area contributed by atoms with Crippen LogP contribution in [0.25, 0.3) is 0 Å². The molecule has 0 bridgehead atoms. The van der Waals surface area contributed by atoms with Crippen molar-refractivity contribution in [1.29, 1.82) is 0 Å². The summed E-state index contributed by atoms with van der Waals surface area (Å²) in [6, 6.07) is 21.4. The first-order chi connectivity index (χ1) is 12.5. The van der Waals surface area contributed by atoms with Gasteiger partial charge in [0.25, 0.3) is 0 Å². The van der Waals surface area contributed by atoms with Crippen molar-refractivity contribution in [2.24, 2.45) is 0 Å². The minimum Gasteiger partial charge on any atom is -0.424 e. The standard InChI is InChI=1S/C22H17O4.Rf/c1-15-8-10-18(11-9-15)22(24)26-20-13-12-19(14-16(20)2)25-21(23)17-6-4-3-5-7-17;/h4-14H,1-2H3;/q-1;. The van der Waals surface area contributed by atoms with Crippen molar-refractivity contribution in [3.63, 3.8) is 0 Å². The fraction of sp³-hybridized carbons (Fsp3) is 0.0909. The molecule has 0 heterocycles. The third-order valence-electron chi connectivity index (χ3n) is 3.80. The normalized spacial score (nSPS) is 9.85. The topological polar surface area (TPSA) is 52.6 Å². The quantitative estimate of drug-likeness (QED) is 0.247. The van der Waals surface area contributed by atoms with Crippen LogP contribution >= 0.6 is 0 Å². The molecule has 0 spiro atoms. The van der Waals surface area contributed by atoms with E-state index in [-0.39, 0.29) is 0 Å². The summed E-state index contributed by atoms with van der Waals surface area (Å²) in [7, 11) is 0. The largest absolute Gasteiger partial charge is 0.424 e. The van der Waals surface area contributed by atoms with E-state index in [4.69, 9.17) is 9.47 Å². The number of carbonyl (C=O) groups is 2. The zero-order valence-corrected chi connectivity index (χ0v) is 21.6. The van der Waals surface area contributed by atoms with Crippen LogP contribution in [0.5, 0.6) is 11.5 Å². The molecular weight excluding hydrogens is 595 g/mol. The first-order valence-corrected chi connectivity index (χ1v) is 8.11. The summed E-state index contributed by atoms with van der Waals surface area (Å²) in [5.74, 6) is -0.0821. The molecule has 5 heteroatoms. The molecule has 0 atom stereocenters. The maximum atomic E-state index is 12.2. The van der Waals surface area contributed by atoms with Gasteiger partial charge in [0.15, 0.2) is 0 Å². The van der Waals surface area contributed by atoms with Crippen LogP contribution < -0.4 is 9.47 Å². The zero-order valence-electron chi connectivity index (χ0n) is 15.2. The fourth-order valence-electron chi connectivity index (χ4n) is 2.34. The van der Waals surface area contributed by atoms with Gasteiger partial charge in [-0.1, -0.05) is 17.7 Å². The predicted octanol–water partition coefficient (Wildman–Crippen LogP) is 4.54. The molecule has 3 aromatic carbocycles. The van der Waals surface area contributed by atoms with E-state index in [1.165, 1.54) is 0 Å². The van der Waals surface area contributed by atoms with E-state index in [0.29, 0.717) is 28.2 Å². The summed E-state index contributed by atoms with van der Waals surface area (Å²) < 4.78 is 10.8. The number of hydrogen-bond acceptors (Lipinski definition) is 4. The molecule has 0 aromatic heterocycles. The Morgan fingerprint density at radius 2 is 1.37 bits per heavy atom. The molecule has 3 aromatic rings. The Bertz CT molecular complexity index is 934. The van der Waals surface area contributed by atoms with Gasteiger partial charge >= 0.3 is 11.9 Å². The van der Waals surface area contributed by atoms with Crippen LogP contribution in [-0.4, -0.2) is 11.9 Å². The molecule has 0 amide bonds. The zero-order chi connectivity index (χ0) is 18.5. The van der Waals surface area contributed by atoms with Crippen molar-refractivity contribution in [3.8, 4) is 11.5 Å². The third-order valence-corrected chi connectivity index (χ3v) is 3.80. The van der Waals surface area contributed by atoms with Crippen molar-refractivity contribution in [2.45, 2.75) is 13.8 Å². The molecule has 0 aliphatic rings. The van der Waals surface area contributed by atoms with Crippen molar-refractivity contribution in [1.82, 2.24) is 0 Å². The Hall–Kier alpha value is -4.40. The van der Waals surface area contributed by atoms with E-state index in [0.717, 1.165) is 5.56 Å². The van der Waals surface area contributed by atoms with Gasteiger partial charge in [-0.25, -0.2) is 9.59 Å². The Morgan fingerprint density at radius 3 is 2.00 bits per heavy atom. The van der Waals surface area contributed by atoms with Gasteiger partial charge in [-0.2, -0.15) is 30.3 Å². The molecule has 0 unspecified atom stereocenters. The van der Waals surface area contributed by atoms with E-state index in [1.807, 2.05) is 19.1 Å². The van der Waals surface area contributed by atoms with Gasteiger partial charge in [-0.15, -0.1) is 0 Å². The average Bonchev–Trinajstić information content (AvgIpc) is 2.65. The van der Waals surface area contributed by atoms with Gasteiger partial charge in [0, 0.05) is 0 Å². The van der Waals surface area contributed by atoms with Gasteiger partial charge < -0.3 is 9.47 Å². The van der Waals surface area contributed by atoms with Gasteiger partial charge in [-0.05, 0) is 55.3 Å². The maximum absolute atomic E-state index is 12.2. The molecular formula is C22H17O4Rf-. The molecule has 4 nitrogen and oxygen atoms in total. The number of hydrogen-bond donors (Lipinski definition) is 0. The minimum absolute atomic E-state index is 0. The van der Waals surface area contributed by atoms with Gasteiger partial charge in [0.1, 0.15) is 11.5 Å². The van der Waals surface area contributed by atoms with Crippen LogP contribution in [0.2, 0.25) is 0 Å². The fourth-order valence-corrected chi connectivity index (χ4v) is 2.34. The molecule has 27 heavy (non-hydrogen) atoms. The minimum atomic E-state index is -0.456.